The van der Waals surface area contributed by atoms with E-state index in [1.165, 1.54) is 0 Å². The Labute approximate surface area is 158 Å². The van der Waals surface area contributed by atoms with Crippen LogP contribution in [0, 0.1) is 0 Å². The minimum absolute atomic E-state index is 0.121. The van der Waals surface area contributed by atoms with Gasteiger partial charge in [0.15, 0.2) is 6.61 Å². The van der Waals surface area contributed by atoms with Gasteiger partial charge in [0.1, 0.15) is 5.75 Å². The summed E-state index contributed by atoms with van der Waals surface area (Å²) in [4.78, 5) is 23.2. The molecule has 0 aliphatic heterocycles. The van der Waals surface area contributed by atoms with E-state index in [-0.39, 0.29) is 37.6 Å². The maximum Gasteiger partial charge on any atom is 0.307 e. The zero-order valence-corrected chi connectivity index (χ0v) is 15.6. The fourth-order valence-electron chi connectivity index (χ4n) is 2.25. The highest BCUT2D eigenvalue weighted by atomic mass is 35.5. The van der Waals surface area contributed by atoms with Crippen LogP contribution in [-0.4, -0.2) is 31.1 Å². The second-order valence-corrected chi connectivity index (χ2v) is 6.35. The van der Waals surface area contributed by atoms with E-state index in [1.54, 1.807) is 26.0 Å². The quantitative estimate of drug-likeness (QED) is 0.712. The summed E-state index contributed by atoms with van der Waals surface area (Å²) in [6.45, 7) is 3.58. The van der Waals surface area contributed by atoms with Crippen LogP contribution >= 0.6 is 11.6 Å². The average Bonchev–Trinajstić information content (AvgIpc) is 2.60. The third-order valence-corrected chi connectivity index (χ3v) is 3.71. The summed E-state index contributed by atoms with van der Waals surface area (Å²) in [6, 6.07) is 15.3. The Morgan fingerprint density at radius 1 is 1.08 bits per heavy atom. The summed E-state index contributed by atoms with van der Waals surface area (Å²) in [5.74, 6) is -0.243. The van der Waals surface area contributed by atoms with Gasteiger partial charge >= 0.3 is 5.97 Å². The van der Waals surface area contributed by atoms with Gasteiger partial charge in [0, 0.05) is 6.54 Å². The predicted molar refractivity (Wildman–Crippen MR) is 101 cm³/mol. The molecule has 0 aliphatic carbocycles. The summed E-state index contributed by atoms with van der Waals surface area (Å²) >= 11 is 6.24. The Bertz CT molecular complexity index is 747. The van der Waals surface area contributed by atoms with Crippen LogP contribution in [0.15, 0.2) is 48.5 Å². The van der Waals surface area contributed by atoms with Crippen molar-refractivity contribution in [1.82, 2.24) is 5.32 Å². The Balaban J connectivity index is 1.80. The largest absolute Gasteiger partial charge is 0.482 e. The number of carbonyl (C=O) groups is 2. The zero-order chi connectivity index (χ0) is 18.9. The molecule has 1 N–H and O–H groups in total. The van der Waals surface area contributed by atoms with Crippen LogP contribution in [-0.2, 0) is 14.3 Å². The second-order valence-electron chi connectivity index (χ2n) is 5.94. The molecule has 2 aromatic carbocycles. The Morgan fingerprint density at radius 3 is 2.46 bits per heavy atom. The number of carbonyl (C=O) groups excluding carboxylic acids is 2. The first kappa shape index (κ1) is 19.8. The second kappa shape index (κ2) is 9.82. The van der Waals surface area contributed by atoms with Crippen LogP contribution < -0.4 is 10.1 Å². The number of hydrogen-bond acceptors (Lipinski definition) is 4. The van der Waals surface area contributed by atoms with Crippen LogP contribution in [0.2, 0.25) is 5.02 Å². The standard InChI is InChI=1S/C20H22ClNO4/c1-14(2)26-20(24)10-11-22-19(23)13-25-18-9-8-16(12-17(18)21)15-6-4-3-5-7-15/h3-9,12,14H,10-11,13H2,1-2H3,(H,22,23). The van der Waals surface area contributed by atoms with Crippen molar-refractivity contribution >= 4 is 23.5 Å². The molecule has 26 heavy (non-hydrogen) atoms. The van der Waals surface area contributed by atoms with E-state index < -0.39 is 0 Å². The normalized spacial score (nSPS) is 10.5. The molecule has 0 radical (unpaired) electrons. The fourth-order valence-corrected chi connectivity index (χ4v) is 2.48. The van der Waals surface area contributed by atoms with Gasteiger partial charge in [0.05, 0.1) is 17.5 Å². The minimum Gasteiger partial charge on any atom is -0.482 e. The van der Waals surface area contributed by atoms with Crippen LogP contribution in [0.1, 0.15) is 20.3 Å². The molecule has 138 valence electrons. The lowest BCUT2D eigenvalue weighted by Gasteiger charge is -2.11. The van der Waals surface area contributed by atoms with E-state index in [4.69, 9.17) is 21.1 Å². The molecule has 0 fully saturated rings. The van der Waals surface area contributed by atoms with Crippen molar-refractivity contribution < 1.29 is 19.1 Å². The van der Waals surface area contributed by atoms with Crippen molar-refractivity contribution in [2.24, 2.45) is 0 Å². The van der Waals surface area contributed by atoms with Crippen LogP contribution in [0.5, 0.6) is 5.75 Å². The molecule has 0 bridgehead atoms. The number of esters is 1. The van der Waals surface area contributed by atoms with Gasteiger partial charge in [-0.3, -0.25) is 9.59 Å². The first-order valence-corrected chi connectivity index (χ1v) is 8.77. The molecule has 1 amide bonds. The van der Waals surface area contributed by atoms with E-state index in [0.717, 1.165) is 11.1 Å². The lowest BCUT2D eigenvalue weighted by atomic mass is 10.1. The molecule has 0 heterocycles. The van der Waals surface area contributed by atoms with E-state index in [9.17, 15) is 9.59 Å². The molecule has 0 saturated heterocycles. The van der Waals surface area contributed by atoms with Gasteiger partial charge in [0.25, 0.3) is 5.91 Å². The van der Waals surface area contributed by atoms with E-state index in [0.29, 0.717) is 10.8 Å². The minimum atomic E-state index is -0.347. The molecule has 0 atom stereocenters. The van der Waals surface area contributed by atoms with Crippen molar-refractivity contribution in [1.29, 1.82) is 0 Å². The first-order valence-electron chi connectivity index (χ1n) is 8.39. The molecule has 0 saturated carbocycles. The van der Waals surface area contributed by atoms with Crippen molar-refractivity contribution in [3.8, 4) is 16.9 Å². The van der Waals surface area contributed by atoms with Crippen molar-refractivity contribution in [3.63, 3.8) is 0 Å². The number of halogens is 1. The Kier molecular flexibility index (Phi) is 7.48. The number of hydrogen-bond donors (Lipinski definition) is 1. The third kappa shape index (κ3) is 6.41. The molecule has 6 heteroatoms. The Morgan fingerprint density at radius 2 is 1.81 bits per heavy atom. The number of nitrogens with one attached hydrogen (secondary N) is 1. The molecule has 0 unspecified atom stereocenters. The summed E-state index contributed by atoms with van der Waals surface area (Å²) in [6.07, 6.45) is -0.0428. The van der Waals surface area contributed by atoms with Gasteiger partial charge in [-0.1, -0.05) is 48.0 Å². The maximum atomic E-state index is 11.8. The molecule has 0 aromatic heterocycles. The molecular formula is C20H22ClNO4. The highest BCUT2D eigenvalue weighted by Gasteiger charge is 2.09. The van der Waals surface area contributed by atoms with E-state index in [1.807, 2.05) is 36.4 Å². The van der Waals surface area contributed by atoms with Gasteiger partial charge < -0.3 is 14.8 Å². The monoisotopic (exact) mass is 375 g/mol. The lowest BCUT2D eigenvalue weighted by molar-refractivity contribution is -0.147. The fraction of sp³-hybridized carbons (Fsp3) is 0.300. The number of amides is 1. The van der Waals surface area contributed by atoms with Gasteiger partial charge in [-0.25, -0.2) is 0 Å². The lowest BCUT2D eigenvalue weighted by Crippen LogP contribution is -2.31. The van der Waals surface area contributed by atoms with Crippen molar-refractivity contribution in [2.75, 3.05) is 13.2 Å². The number of ether oxygens (including phenoxy) is 2. The van der Waals surface area contributed by atoms with Gasteiger partial charge in [-0.05, 0) is 37.1 Å². The van der Waals surface area contributed by atoms with Crippen molar-refractivity contribution in [2.45, 2.75) is 26.4 Å². The number of rotatable bonds is 8. The average molecular weight is 376 g/mol. The maximum absolute atomic E-state index is 11.8. The third-order valence-electron chi connectivity index (χ3n) is 3.42. The molecule has 2 rings (SSSR count). The predicted octanol–water partition coefficient (Wildman–Crippen LogP) is 3.84. The SMILES string of the molecule is CC(C)OC(=O)CCNC(=O)COc1ccc(-c2ccccc2)cc1Cl. The smallest absolute Gasteiger partial charge is 0.307 e. The van der Waals surface area contributed by atoms with Gasteiger partial charge in [0.2, 0.25) is 0 Å². The summed E-state index contributed by atoms with van der Waals surface area (Å²) in [5, 5.41) is 3.04. The van der Waals surface area contributed by atoms with Gasteiger partial charge in [-0.15, -0.1) is 0 Å². The van der Waals surface area contributed by atoms with E-state index in [2.05, 4.69) is 5.32 Å². The molecule has 2 aromatic rings. The highest BCUT2D eigenvalue weighted by Crippen LogP contribution is 2.30. The van der Waals surface area contributed by atoms with Crippen molar-refractivity contribution in [3.05, 3.63) is 53.6 Å². The topological polar surface area (TPSA) is 64.6 Å². The zero-order valence-electron chi connectivity index (χ0n) is 14.8. The summed E-state index contributed by atoms with van der Waals surface area (Å²) < 4.78 is 10.4. The van der Waals surface area contributed by atoms with E-state index >= 15 is 0 Å². The summed E-state index contributed by atoms with van der Waals surface area (Å²) in [5.41, 5.74) is 2.02. The van der Waals surface area contributed by atoms with Gasteiger partial charge in [-0.2, -0.15) is 0 Å². The Hall–Kier alpha value is -2.53. The number of benzene rings is 2. The van der Waals surface area contributed by atoms with Crippen LogP contribution in [0.25, 0.3) is 11.1 Å². The summed E-state index contributed by atoms with van der Waals surface area (Å²) in [7, 11) is 0. The van der Waals surface area contributed by atoms with Crippen LogP contribution in [0.4, 0.5) is 0 Å². The molecule has 0 aliphatic rings. The molecule has 5 nitrogen and oxygen atoms in total. The van der Waals surface area contributed by atoms with Crippen LogP contribution in [0.3, 0.4) is 0 Å². The molecule has 0 spiro atoms. The molecular weight excluding hydrogens is 354 g/mol. The first-order chi connectivity index (χ1) is 12.5. The highest BCUT2D eigenvalue weighted by molar-refractivity contribution is 6.32.